The molecular weight excluding hydrogens is 461 g/mol. The summed E-state index contributed by atoms with van der Waals surface area (Å²) >= 11 is 0.890. The Morgan fingerprint density at radius 2 is 1.53 bits per heavy atom. The SMILES string of the molecule is Cc1cc(-c2ccc(C(F)(F)F)cc2)cc(-c2cccc(-c3ccc(S(=O)(=O)O)s3)n2)n1. The fraction of sp³-hybridized carbons (Fsp3) is 0.0909. The Morgan fingerprint density at radius 1 is 0.844 bits per heavy atom. The smallest absolute Gasteiger partial charge is 0.281 e. The minimum absolute atomic E-state index is 0.182. The minimum atomic E-state index is -4.40. The lowest BCUT2D eigenvalue weighted by atomic mass is 10.0. The van der Waals surface area contributed by atoms with E-state index in [9.17, 15) is 26.1 Å². The van der Waals surface area contributed by atoms with E-state index in [0.29, 0.717) is 38.8 Å². The molecular formula is C22H15F3N2O3S2. The maximum atomic E-state index is 12.9. The van der Waals surface area contributed by atoms with Crippen molar-refractivity contribution in [3.63, 3.8) is 0 Å². The number of rotatable bonds is 4. The standard InChI is InChI=1S/C22H15F3N2O3S2/c1-13-11-15(14-5-7-16(8-6-14)22(23,24)25)12-19(26-13)17-3-2-4-18(27-17)20-9-10-21(31-20)32(28,29)30/h2-12H,1H3,(H,28,29,30). The third-order valence-corrected chi connectivity index (χ3v) is 7.03. The molecule has 0 fully saturated rings. The Kier molecular flexibility index (Phi) is 5.61. The number of hydrogen-bond acceptors (Lipinski definition) is 5. The van der Waals surface area contributed by atoms with E-state index < -0.39 is 21.9 Å². The number of halogens is 3. The van der Waals surface area contributed by atoms with Gasteiger partial charge in [-0.05, 0) is 66.6 Å². The molecule has 164 valence electrons. The third kappa shape index (κ3) is 4.72. The Morgan fingerprint density at radius 3 is 2.16 bits per heavy atom. The van der Waals surface area contributed by atoms with Crippen LogP contribution in [-0.2, 0) is 16.3 Å². The van der Waals surface area contributed by atoms with E-state index in [1.807, 2.05) is 0 Å². The van der Waals surface area contributed by atoms with Crippen molar-refractivity contribution in [1.82, 2.24) is 9.97 Å². The van der Waals surface area contributed by atoms with E-state index in [1.54, 1.807) is 43.3 Å². The van der Waals surface area contributed by atoms with E-state index in [2.05, 4.69) is 9.97 Å². The van der Waals surface area contributed by atoms with Crippen LogP contribution < -0.4 is 0 Å². The zero-order valence-corrected chi connectivity index (χ0v) is 18.1. The maximum Gasteiger partial charge on any atom is 0.416 e. The Hall–Kier alpha value is -3.08. The van der Waals surface area contributed by atoms with Crippen molar-refractivity contribution in [2.45, 2.75) is 17.3 Å². The fourth-order valence-corrected chi connectivity index (χ4v) is 4.77. The zero-order chi connectivity index (χ0) is 23.1. The summed E-state index contributed by atoms with van der Waals surface area (Å²) in [7, 11) is -4.30. The summed E-state index contributed by atoms with van der Waals surface area (Å²) in [5.41, 5.74) is 2.78. The molecule has 3 aromatic heterocycles. The molecule has 0 unspecified atom stereocenters. The highest BCUT2D eigenvalue weighted by Gasteiger charge is 2.30. The molecule has 0 radical (unpaired) electrons. The number of benzene rings is 1. The Labute approximate surface area is 186 Å². The molecule has 32 heavy (non-hydrogen) atoms. The second kappa shape index (κ2) is 8.12. The summed E-state index contributed by atoms with van der Waals surface area (Å²) in [5, 5.41) is 0. The molecule has 0 bridgehead atoms. The molecule has 5 nitrogen and oxygen atoms in total. The van der Waals surface area contributed by atoms with Gasteiger partial charge >= 0.3 is 16.3 Å². The fourth-order valence-electron chi connectivity index (χ4n) is 3.13. The summed E-state index contributed by atoms with van der Waals surface area (Å²) < 4.78 is 70.2. The highest BCUT2D eigenvalue weighted by atomic mass is 32.3. The van der Waals surface area contributed by atoms with Crippen LogP contribution >= 0.6 is 11.3 Å². The predicted molar refractivity (Wildman–Crippen MR) is 116 cm³/mol. The summed E-state index contributed by atoms with van der Waals surface area (Å²) in [6, 6.07) is 16.4. The van der Waals surface area contributed by atoms with Gasteiger partial charge < -0.3 is 0 Å². The first kappa shape index (κ1) is 22.1. The van der Waals surface area contributed by atoms with Crippen molar-refractivity contribution >= 4 is 21.5 Å². The van der Waals surface area contributed by atoms with Crippen molar-refractivity contribution in [2.75, 3.05) is 0 Å². The second-order valence-corrected chi connectivity index (χ2v) is 9.69. The van der Waals surface area contributed by atoms with Crippen LogP contribution in [0.2, 0.25) is 0 Å². The summed E-state index contributed by atoms with van der Waals surface area (Å²) in [6.45, 7) is 1.78. The van der Waals surface area contributed by atoms with Gasteiger partial charge in [0.2, 0.25) is 0 Å². The summed E-state index contributed by atoms with van der Waals surface area (Å²) in [6.07, 6.45) is -4.40. The van der Waals surface area contributed by atoms with Gasteiger partial charge in [0, 0.05) is 5.69 Å². The van der Waals surface area contributed by atoms with E-state index in [-0.39, 0.29) is 4.21 Å². The minimum Gasteiger partial charge on any atom is -0.281 e. The van der Waals surface area contributed by atoms with E-state index in [0.717, 1.165) is 23.5 Å². The van der Waals surface area contributed by atoms with Crippen molar-refractivity contribution in [3.8, 4) is 33.1 Å². The molecule has 0 aliphatic rings. The van der Waals surface area contributed by atoms with Gasteiger partial charge in [0.25, 0.3) is 0 Å². The van der Waals surface area contributed by atoms with Gasteiger partial charge in [0.1, 0.15) is 4.21 Å². The number of thiophene rings is 1. The number of pyridine rings is 2. The first-order chi connectivity index (χ1) is 15.0. The molecule has 0 aliphatic heterocycles. The maximum absolute atomic E-state index is 12.9. The van der Waals surface area contributed by atoms with E-state index in [1.165, 1.54) is 18.2 Å². The number of aromatic nitrogens is 2. The topological polar surface area (TPSA) is 80.2 Å². The first-order valence-corrected chi connectivity index (χ1v) is 11.5. The first-order valence-electron chi connectivity index (χ1n) is 9.22. The molecule has 3 heterocycles. The predicted octanol–water partition coefficient (Wildman–Crippen LogP) is 6.11. The molecule has 4 aromatic rings. The highest BCUT2D eigenvalue weighted by molar-refractivity contribution is 7.88. The van der Waals surface area contributed by atoms with Gasteiger partial charge in [-0.25, -0.2) is 4.98 Å². The second-order valence-electron chi connectivity index (χ2n) is 6.96. The molecule has 4 rings (SSSR count). The van der Waals surface area contributed by atoms with Crippen LogP contribution in [0.4, 0.5) is 13.2 Å². The lowest BCUT2D eigenvalue weighted by Gasteiger charge is -2.10. The molecule has 1 aromatic carbocycles. The van der Waals surface area contributed by atoms with Gasteiger partial charge in [0.05, 0.1) is 27.5 Å². The van der Waals surface area contributed by atoms with Crippen LogP contribution in [0.15, 0.2) is 70.9 Å². The Balaban J connectivity index is 1.71. The zero-order valence-electron chi connectivity index (χ0n) is 16.5. The average molecular weight is 477 g/mol. The Bertz CT molecular complexity index is 1400. The van der Waals surface area contributed by atoms with Gasteiger partial charge in [-0.1, -0.05) is 18.2 Å². The quantitative estimate of drug-likeness (QED) is 0.359. The number of hydrogen-bond donors (Lipinski definition) is 1. The van der Waals surface area contributed by atoms with Crippen LogP contribution in [0.1, 0.15) is 11.3 Å². The third-order valence-electron chi connectivity index (χ3n) is 4.60. The normalized spacial score (nSPS) is 12.2. The van der Waals surface area contributed by atoms with Crippen LogP contribution in [0.3, 0.4) is 0 Å². The van der Waals surface area contributed by atoms with Crippen molar-refractivity contribution in [3.05, 3.63) is 78.0 Å². The number of alkyl halides is 3. The molecule has 0 aliphatic carbocycles. The average Bonchev–Trinajstić information content (AvgIpc) is 3.24. The van der Waals surface area contributed by atoms with E-state index in [4.69, 9.17) is 0 Å². The molecule has 0 saturated carbocycles. The van der Waals surface area contributed by atoms with Crippen LogP contribution in [0.25, 0.3) is 33.1 Å². The highest BCUT2D eigenvalue weighted by Crippen LogP contribution is 2.33. The number of nitrogens with zero attached hydrogens (tertiary/aromatic N) is 2. The summed E-state index contributed by atoms with van der Waals surface area (Å²) in [5.74, 6) is 0. The van der Waals surface area contributed by atoms with Crippen molar-refractivity contribution < 1.29 is 26.1 Å². The molecule has 0 saturated heterocycles. The monoisotopic (exact) mass is 476 g/mol. The van der Waals surface area contributed by atoms with Crippen molar-refractivity contribution in [1.29, 1.82) is 0 Å². The van der Waals surface area contributed by atoms with Gasteiger partial charge in [-0.3, -0.25) is 9.54 Å². The lowest BCUT2D eigenvalue weighted by molar-refractivity contribution is -0.137. The molecule has 0 amide bonds. The molecule has 1 N–H and O–H groups in total. The van der Waals surface area contributed by atoms with Gasteiger partial charge in [0.15, 0.2) is 0 Å². The number of aryl methyl sites for hydroxylation is 1. The molecule has 10 heteroatoms. The summed E-state index contributed by atoms with van der Waals surface area (Å²) in [4.78, 5) is 9.60. The lowest BCUT2D eigenvalue weighted by Crippen LogP contribution is -2.04. The van der Waals surface area contributed by atoms with Crippen molar-refractivity contribution in [2.24, 2.45) is 0 Å². The molecule has 0 spiro atoms. The van der Waals surface area contributed by atoms with Crippen LogP contribution in [0, 0.1) is 6.92 Å². The van der Waals surface area contributed by atoms with Gasteiger partial charge in [-0.15, -0.1) is 11.3 Å². The van der Waals surface area contributed by atoms with Crippen LogP contribution in [-0.4, -0.2) is 22.9 Å². The largest absolute Gasteiger partial charge is 0.416 e. The van der Waals surface area contributed by atoms with E-state index >= 15 is 0 Å². The van der Waals surface area contributed by atoms with Crippen LogP contribution in [0.5, 0.6) is 0 Å². The molecule has 0 atom stereocenters. The van der Waals surface area contributed by atoms with Gasteiger partial charge in [-0.2, -0.15) is 21.6 Å².